The molecule has 2 rings (SSSR count). The largest absolute Gasteiger partial charge is 0.391 e. The van der Waals surface area contributed by atoms with Crippen LogP contribution < -0.4 is 5.73 Å². The summed E-state index contributed by atoms with van der Waals surface area (Å²) in [7, 11) is 0. The Bertz CT molecular complexity index is 491. The van der Waals surface area contributed by atoms with Gasteiger partial charge in [-0.15, -0.1) is 0 Å². The molecule has 3 N–H and O–H groups in total. The molecule has 1 spiro atoms. The molecule has 0 aromatic rings. The average Bonchev–Trinajstić information content (AvgIpc) is 2.45. The highest BCUT2D eigenvalue weighted by molar-refractivity contribution is 5.95. The van der Waals surface area contributed by atoms with E-state index in [-0.39, 0.29) is 17.7 Å². The van der Waals surface area contributed by atoms with Crippen LogP contribution in [0.4, 0.5) is 0 Å². The third kappa shape index (κ3) is 2.69. The molecule has 2 aliphatic rings. The summed E-state index contributed by atoms with van der Waals surface area (Å²) in [6.07, 6.45) is 0.472. The van der Waals surface area contributed by atoms with Gasteiger partial charge in [0, 0.05) is 25.6 Å². The number of rotatable bonds is 4. The third-order valence-corrected chi connectivity index (χ3v) is 4.65. The highest BCUT2D eigenvalue weighted by Gasteiger charge is 2.57. The van der Waals surface area contributed by atoms with E-state index in [1.807, 2.05) is 13.8 Å². The second-order valence-corrected chi connectivity index (χ2v) is 6.82. The minimum absolute atomic E-state index is 0.0484. The Morgan fingerprint density at radius 3 is 2.36 bits per heavy atom. The quantitative estimate of drug-likeness (QED) is 0.672. The van der Waals surface area contributed by atoms with Crippen molar-refractivity contribution in [2.24, 2.45) is 17.1 Å². The molecule has 0 aliphatic carbocycles. The monoisotopic (exact) mass is 311 g/mol. The normalized spacial score (nSPS) is 27.8. The summed E-state index contributed by atoms with van der Waals surface area (Å²) in [6, 6.07) is -0.991. The molecule has 7 nitrogen and oxygen atoms in total. The lowest BCUT2D eigenvalue weighted by molar-refractivity contribution is -0.178. The molecule has 7 heteroatoms. The third-order valence-electron chi connectivity index (χ3n) is 4.65. The van der Waals surface area contributed by atoms with E-state index >= 15 is 0 Å². The average molecular weight is 311 g/mol. The number of β-lactam (4-membered cyclic amide) rings is 1. The molecular weight excluding hydrogens is 286 g/mol. The van der Waals surface area contributed by atoms with Gasteiger partial charge < -0.3 is 20.6 Å². The smallest absolute Gasteiger partial charge is 0.242 e. The number of nitrogens with zero attached hydrogens (tertiary/aromatic N) is 2. The summed E-state index contributed by atoms with van der Waals surface area (Å²) in [4.78, 5) is 39.3. The molecule has 22 heavy (non-hydrogen) atoms. The van der Waals surface area contributed by atoms with Crippen molar-refractivity contribution in [1.82, 2.24) is 9.80 Å². The summed E-state index contributed by atoms with van der Waals surface area (Å²) < 4.78 is 0. The van der Waals surface area contributed by atoms with Gasteiger partial charge in [-0.3, -0.25) is 14.4 Å². The lowest BCUT2D eigenvalue weighted by atomic mass is 9.71. The first-order chi connectivity index (χ1) is 10.2. The first-order valence-corrected chi connectivity index (χ1v) is 7.77. The molecule has 3 atom stereocenters. The van der Waals surface area contributed by atoms with Gasteiger partial charge in [0.05, 0.1) is 11.5 Å². The number of primary amides is 1. The number of carbonyl (C=O) groups excluding carboxylic acids is 3. The highest BCUT2D eigenvalue weighted by Crippen LogP contribution is 2.42. The van der Waals surface area contributed by atoms with Gasteiger partial charge in [-0.2, -0.15) is 0 Å². The van der Waals surface area contributed by atoms with E-state index in [4.69, 9.17) is 5.73 Å². The zero-order valence-corrected chi connectivity index (χ0v) is 13.4. The Labute approximate surface area is 130 Å². The summed E-state index contributed by atoms with van der Waals surface area (Å²) in [5.74, 6) is -0.938. The summed E-state index contributed by atoms with van der Waals surface area (Å²) >= 11 is 0. The van der Waals surface area contributed by atoms with Crippen LogP contribution in [0.25, 0.3) is 0 Å². The van der Waals surface area contributed by atoms with Gasteiger partial charge in [0.2, 0.25) is 17.7 Å². The van der Waals surface area contributed by atoms with Gasteiger partial charge in [0.25, 0.3) is 0 Å². The molecule has 2 aliphatic heterocycles. The highest BCUT2D eigenvalue weighted by atomic mass is 16.3. The Morgan fingerprint density at radius 1 is 1.27 bits per heavy atom. The molecular formula is C15H25N3O4. The van der Waals surface area contributed by atoms with Crippen molar-refractivity contribution in [3.63, 3.8) is 0 Å². The first kappa shape index (κ1) is 16.7. The maximum absolute atomic E-state index is 12.6. The van der Waals surface area contributed by atoms with E-state index in [2.05, 4.69) is 0 Å². The van der Waals surface area contributed by atoms with E-state index < -0.39 is 23.5 Å². The van der Waals surface area contributed by atoms with Crippen molar-refractivity contribution in [3.05, 3.63) is 0 Å². The minimum Gasteiger partial charge on any atom is -0.391 e. The molecule has 0 saturated carbocycles. The number of carbonyl (C=O) groups is 3. The van der Waals surface area contributed by atoms with Crippen LogP contribution in [0.5, 0.6) is 0 Å². The molecule has 2 fully saturated rings. The van der Waals surface area contributed by atoms with Crippen LogP contribution in [0.2, 0.25) is 0 Å². The first-order valence-electron chi connectivity index (χ1n) is 7.77. The lowest BCUT2D eigenvalue weighted by Crippen LogP contribution is -2.72. The molecule has 2 heterocycles. The number of aliphatic hydroxyl groups is 1. The van der Waals surface area contributed by atoms with E-state index in [1.54, 1.807) is 4.90 Å². The van der Waals surface area contributed by atoms with E-state index in [1.165, 1.54) is 11.8 Å². The summed E-state index contributed by atoms with van der Waals surface area (Å²) in [6.45, 7) is 6.56. The van der Waals surface area contributed by atoms with Crippen molar-refractivity contribution in [3.8, 4) is 0 Å². The second-order valence-electron chi connectivity index (χ2n) is 6.82. The Morgan fingerprint density at radius 2 is 1.91 bits per heavy atom. The van der Waals surface area contributed by atoms with Gasteiger partial charge >= 0.3 is 0 Å². The predicted molar refractivity (Wildman–Crippen MR) is 79.5 cm³/mol. The Hall–Kier alpha value is -1.63. The standard InChI is InChI=1S/C15H25N3O4/c1-9(2)13(21)17-6-4-5-15(7-17)8-18(14(15)22)11(10(3)19)12(16)20/h9-11,19H,4-8H2,1-3H3,(H2,16,20)/t10-,11+,15?/m1/s1. The van der Waals surface area contributed by atoms with E-state index in [9.17, 15) is 19.5 Å². The van der Waals surface area contributed by atoms with Crippen LogP contribution in [0.3, 0.4) is 0 Å². The summed E-state index contributed by atoms with van der Waals surface area (Å²) in [5.41, 5.74) is 4.68. The SMILES string of the molecule is CC(C)C(=O)N1CCCC2(C1)CN([C@H](C(N)=O)[C@@H](C)O)C2=O. The molecule has 124 valence electrons. The van der Waals surface area contributed by atoms with Gasteiger partial charge in [-0.1, -0.05) is 13.8 Å². The maximum Gasteiger partial charge on any atom is 0.242 e. The van der Waals surface area contributed by atoms with E-state index in [0.29, 0.717) is 26.1 Å². The minimum atomic E-state index is -1.00. The van der Waals surface area contributed by atoms with Gasteiger partial charge in [0.1, 0.15) is 6.04 Å². The fourth-order valence-electron chi connectivity index (χ4n) is 3.54. The summed E-state index contributed by atoms with van der Waals surface area (Å²) in [5, 5.41) is 9.68. The van der Waals surface area contributed by atoms with Crippen molar-refractivity contribution in [2.75, 3.05) is 19.6 Å². The number of nitrogens with two attached hydrogens (primary N) is 1. The molecule has 0 aromatic heterocycles. The Balaban J connectivity index is 2.10. The second kappa shape index (κ2) is 5.87. The van der Waals surface area contributed by atoms with Gasteiger partial charge in [-0.05, 0) is 19.8 Å². The van der Waals surface area contributed by atoms with E-state index in [0.717, 1.165) is 6.42 Å². The van der Waals surface area contributed by atoms with Crippen LogP contribution in [-0.2, 0) is 14.4 Å². The number of amides is 3. The molecule has 1 unspecified atom stereocenters. The Kier molecular flexibility index (Phi) is 4.47. The zero-order chi connectivity index (χ0) is 16.7. The fourth-order valence-corrected chi connectivity index (χ4v) is 3.54. The molecule has 2 saturated heterocycles. The topological polar surface area (TPSA) is 104 Å². The van der Waals surface area contributed by atoms with Crippen LogP contribution >= 0.6 is 0 Å². The number of likely N-dealkylation sites (tertiary alicyclic amines) is 2. The van der Waals surface area contributed by atoms with Crippen LogP contribution in [0.1, 0.15) is 33.6 Å². The number of aliphatic hydroxyl groups excluding tert-OH is 1. The van der Waals surface area contributed by atoms with Crippen molar-refractivity contribution < 1.29 is 19.5 Å². The van der Waals surface area contributed by atoms with Crippen molar-refractivity contribution >= 4 is 17.7 Å². The van der Waals surface area contributed by atoms with Gasteiger partial charge in [-0.25, -0.2) is 0 Å². The zero-order valence-electron chi connectivity index (χ0n) is 13.4. The van der Waals surface area contributed by atoms with Crippen LogP contribution in [-0.4, -0.2) is 64.4 Å². The van der Waals surface area contributed by atoms with Crippen molar-refractivity contribution in [1.29, 1.82) is 0 Å². The van der Waals surface area contributed by atoms with Crippen LogP contribution in [0.15, 0.2) is 0 Å². The predicted octanol–water partition coefficient (Wildman–Crippen LogP) is -0.672. The fraction of sp³-hybridized carbons (Fsp3) is 0.800. The number of piperidine rings is 1. The lowest BCUT2D eigenvalue weighted by Gasteiger charge is -2.55. The van der Waals surface area contributed by atoms with Gasteiger partial charge in [0.15, 0.2) is 0 Å². The number of hydrogen-bond acceptors (Lipinski definition) is 4. The maximum atomic E-state index is 12.6. The molecule has 0 radical (unpaired) electrons. The van der Waals surface area contributed by atoms with Crippen LogP contribution in [0, 0.1) is 11.3 Å². The molecule has 3 amide bonds. The molecule has 0 bridgehead atoms. The van der Waals surface area contributed by atoms with Crippen molar-refractivity contribution in [2.45, 2.75) is 45.8 Å². The number of hydrogen-bond donors (Lipinski definition) is 2. The molecule has 0 aromatic carbocycles.